The molecule has 0 atom stereocenters. The smallest absolute Gasteiger partial charge is 0.257 e. The monoisotopic (exact) mass is 360 g/mol. The highest BCUT2D eigenvalue weighted by molar-refractivity contribution is 7.09. The summed E-state index contributed by atoms with van der Waals surface area (Å²) in [6, 6.07) is 6.15. The van der Waals surface area contributed by atoms with E-state index in [-0.39, 0.29) is 12.5 Å². The molecular weight excluding hydrogens is 332 g/mol. The van der Waals surface area contributed by atoms with Crippen LogP contribution in [0.15, 0.2) is 23.6 Å². The molecule has 1 aromatic heterocycles. The van der Waals surface area contributed by atoms with Gasteiger partial charge in [-0.25, -0.2) is 4.98 Å². The van der Waals surface area contributed by atoms with E-state index in [2.05, 4.69) is 41.7 Å². The van der Waals surface area contributed by atoms with E-state index in [9.17, 15) is 4.79 Å². The van der Waals surface area contributed by atoms with Gasteiger partial charge < -0.3 is 10.1 Å². The zero-order valence-corrected chi connectivity index (χ0v) is 16.4. The quantitative estimate of drug-likeness (QED) is 0.674. The van der Waals surface area contributed by atoms with Gasteiger partial charge in [-0.05, 0) is 56.2 Å². The van der Waals surface area contributed by atoms with Crippen molar-refractivity contribution >= 4 is 17.2 Å². The normalized spacial score (nSPS) is 10.9. The predicted molar refractivity (Wildman–Crippen MR) is 104 cm³/mol. The molecular formula is C20H28N2O2S. The molecule has 25 heavy (non-hydrogen) atoms. The van der Waals surface area contributed by atoms with Gasteiger partial charge in [0, 0.05) is 17.6 Å². The molecule has 0 radical (unpaired) electrons. The van der Waals surface area contributed by atoms with Crippen molar-refractivity contribution in [3.63, 3.8) is 0 Å². The van der Waals surface area contributed by atoms with Crippen LogP contribution in [0.2, 0.25) is 0 Å². The summed E-state index contributed by atoms with van der Waals surface area (Å²) in [5.41, 5.74) is 3.36. The topological polar surface area (TPSA) is 51.2 Å². The molecule has 0 saturated carbocycles. The van der Waals surface area contributed by atoms with Crippen LogP contribution in [0.3, 0.4) is 0 Å². The largest absolute Gasteiger partial charge is 0.483 e. The summed E-state index contributed by atoms with van der Waals surface area (Å²) in [6.45, 7) is 9.04. The number of rotatable bonds is 9. The maximum absolute atomic E-state index is 12.0. The first-order valence-corrected chi connectivity index (χ1v) is 9.74. The lowest BCUT2D eigenvalue weighted by atomic mass is 10.0. The Morgan fingerprint density at radius 1 is 1.28 bits per heavy atom. The number of benzene rings is 1. The van der Waals surface area contributed by atoms with E-state index in [1.165, 1.54) is 5.01 Å². The summed E-state index contributed by atoms with van der Waals surface area (Å²) in [5.74, 6) is 1.11. The number of aromatic nitrogens is 1. The van der Waals surface area contributed by atoms with Gasteiger partial charge in [-0.15, -0.1) is 11.3 Å². The van der Waals surface area contributed by atoms with Crippen LogP contribution in [0, 0.1) is 13.8 Å². The molecule has 1 aromatic carbocycles. The Kier molecular flexibility index (Phi) is 7.44. The van der Waals surface area contributed by atoms with Crippen LogP contribution < -0.4 is 10.1 Å². The number of carbonyl (C=O) groups is 1. The minimum Gasteiger partial charge on any atom is -0.483 e. The van der Waals surface area contributed by atoms with Gasteiger partial charge >= 0.3 is 0 Å². The molecule has 1 amide bonds. The minimum atomic E-state index is -0.0682. The molecule has 1 N–H and O–H groups in total. The average molecular weight is 361 g/mol. The lowest BCUT2D eigenvalue weighted by Crippen LogP contribution is -2.29. The van der Waals surface area contributed by atoms with Gasteiger partial charge in [-0.3, -0.25) is 4.79 Å². The maximum atomic E-state index is 12.0. The van der Waals surface area contributed by atoms with Gasteiger partial charge in [-0.2, -0.15) is 0 Å². The van der Waals surface area contributed by atoms with Crippen LogP contribution >= 0.6 is 11.3 Å². The van der Waals surface area contributed by atoms with E-state index < -0.39 is 0 Å². The summed E-state index contributed by atoms with van der Waals surface area (Å²) >= 11 is 1.71. The summed E-state index contributed by atoms with van der Waals surface area (Å²) < 4.78 is 5.75. The first-order chi connectivity index (χ1) is 12.0. The fraction of sp³-hybridized carbons (Fsp3) is 0.500. The molecule has 0 aliphatic heterocycles. The van der Waals surface area contributed by atoms with E-state index >= 15 is 0 Å². The van der Waals surface area contributed by atoms with E-state index in [1.807, 2.05) is 19.9 Å². The zero-order chi connectivity index (χ0) is 18.2. The molecule has 136 valence electrons. The van der Waals surface area contributed by atoms with Gasteiger partial charge in [-0.1, -0.05) is 26.0 Å². The fourth-order valence-electron chi connectivity index (χ4n) is 2.58. The van der Waals surface area contributed by atoms with E-state index in [0.717, 1.165) is 41.8 Å². The number of thiazole rings is 1. The van der Waals surface area contributed by atoms with Crippen LogP contribution in [-0.2, 0) is 11.2 Å². The third kappa shape index (κ3) is 6.50. The molecule has 5 heteroatoms. The van der Waals surface area contributed by atoms with Crippen LogP contribution in [0.4, 0.5) is 0 Å². The summed E-state index contributed by atoms with van der Waals surface area (Å²) in [5, 5.41) is 6.18. The van der Waals surface area contributed by atoms with Gasteiger partial charge in [0.1, 0.15) is 5.75 Å². The van der Waals surface area contributed by atoms with E-state index in [0.29, 0.717) is 12.5 Å². The highest BCUT2D eigenvalue weighted by atomic mass is 32.1. The van der Waals surface area contributed by atoms with E-state index in [4.69, 9.17) is 4.74 Å². The van der Waals surface area contributed by atoms with Crippen LogP contribution in [0.25, 0.3) is 0 Å². The summed E-state index contributed by atoms with van der Waals surface area (Å²) in [4.78, 5) is 16.4. The molecule has 4 nitrogen and oxygen atoms in total. The highest BCUT2D eigenvalue weighted by Gasteiger charge is 2.10. The van der Waals surface area contributed by atoms with Gasteiger partial charge in [0.2, 0.25) is 0 Å². The Labute approximate surface area is 154 Å². The van der Waals surface area contributed by atoms with Crippen molar-refractivity contribution < 1.29 is 9.53 Å². The Hall–Kier alpha value is -1.88. The second kappa shape index (κ2) is 9.56. The SMILES string of the molecule is Cc1ccc(C(C)C)c(OCC(=O)NCCCCc2nc(C)cs2)c1. The van der Waals surface area contributed by atoms with Crippen molar-refractivity contribution in [2.24, 2.45) is 0 Å². The molecule has 2 rings (SSSR count). The third-order valence-electron chi connectivity index (χ3n) is 3.96. The number of hydrogen-bond donors (Lipinski definition) is 1. The number of amides is 1. The third-order valence-corrected chi connectivity index (χ3v) is 4.98. The number of unbranched alkanes of at least 4 members (excludes halogenated alkanes) is 1. The van der Waals surface area contributed by atoms with Gasteiger partial charge in [0.05, 0.1) is 5.01 Å². The second-order valence-electron chi connectivity index (χ2n) is 6.67. The summed E-state index contributed by atoms with van der Waals surface area (Å²) in [6.07, 6.45) is 2.96. The molecule has 0 unspecified atom stereocenters. The molecule has 0 spiro atoms. The molecule has 0 saturated heterocycles. The Balaban J connectivity index is 1.68. The number of nitrogens with one attached hydrogen (secondary N) is 1. The molecule has 0 aliphatic carbocycles. The minimum absolute atomic E-state index is 0.0643. The van der Waals surface area contributed by atoms with Gasteiger partial charge in [0.25, 0.3) is 5.91 Å². The van der Waals surface area contributed by atoms with Crippen LogP contribution in [-0.4, -0.2) is 24.0 Å². The highest BCUT2D eigenvalue weighted by Crippen LogP contribution is 2.27. The number of nitrogens with zero attached hydrogens (tertiary/aromatic N) is 1. The maximum Gasteiger partial charge on any atom is 0.257 e. The average Bonchev–Trinajstić information content (AvgIpc) is 2.97. The standard InChI is InChI=1S/C20H28N2O2S/c1-14(2)17-9-8-15(3)11-18(17)24-12-19(23)21-10-6-5-7-20-22-16(4)13-25-20/h8-9,11,13-14H,5-7,10,12H2,1-4H3,(H,21,23). The predicted octanol–water partition coefficient (Wildman–Crippen LogP) is 4.40. The number of ether oxygens (including phenoxy) is 1. The van der Waals surface area contributed by atoms with E-state index in [1.54, 1.807) is 11.3 Å². The van der Waals surface area contributed by atoms with Crippen molar-refractivity contribution in [1.82, 2.24) is 10.3 Å². The summed E-state index contributed by atoms with van der Waals surface area (Å²) in [7, 11) is 0. The van der Waals surface area contributed by atoms with Crippen molar-refractivity contribution in [3.8, 4) is 5.75 Å². The second-order valence-corrected chi connectivity index (χ2v) is 7.62. The Bertz CT molecular complexity index is 695. The van der Waals surface area contributed by atoms with Crippen LogP contribution in [0.1, 0.15) is 54.4 Å². The molecule has 0 fully saturated rings. The first-order valence-electron chi connectivity index (χ1n) is 8.86. The van der Waals surface area contributed by atoms with Gasteiger partial charge in [0.15, 0.2) is 6.61 Å². The van der Waals surface area contributed by atoms with Crippen molar-refractivity contribution in [1.29, 1.82) is 0 Å². The zero-order valence-electron chi connectivity index (χ0n) is 15.6. The molecule has 0 aliphatic rings. The fourth-order valence-corrected chi connectivity index (χ4v) is 3.40. The lowest BCUT2D eigenvalue weighted by molar-refractivity contribution is -0.123. The van der Waals surface area contributed by atoms with Crippen molar-refractivity contribution in [2.45, 2.75) is 52.9 Å². The van der Waals surface area contributed by atoms with Crippen LogP contribution in [0.5, 0.6) is 5.75 Å². The Morgan fingerprint density at radius 3 is 2.76 bits per heavy atom. The molecule has 2 aromatic rings. The molecule has 1 heterocycles. The lowest BCUT2D eigenvalue weighted by Gasteiger charge is -2.14. The Morgan fingerprint density at radius 2 is 2.08 bits per heavy atom. The number of aryl methyl sites for hydroxylation is 3. The first kappa shape index (κ1) is 19.4. The molecule has 0 bridgehead atoms. The van der Waals surface area contributed by atoms with Crippen molar-refractivity contribution in [2.75, 3.05) is 13.2 Å². The number of carbonyl (C=O) groups excluding carboxylic acids is 1. The van der Waals surface area contributed by atoms with Crippen molar-refractivity contribution in [3.05, 3.63) is 45.4 Å². The number of hydrogen-bond acceptors (Lipinski definition) is 4.